The molecule has 0 heterocycles. The van der Waals surface area contributed by atoms with Crippen LogP contribution in [0.3, 0.4) is 0 Å². The average molecular weight is 617 g/mol. The van der Waals surface area contributed by atoms with E-state index in [-0.39, 0.29) is 92.0 Å². The van der Waals surface area contributed by atoms with E-state index in [2.05, 4.69) is 13.8 Å². The molecular weight excluding hydrogens is 560 g/mol. The Kier molecular flexibility index (Phi) is 38.8. The summed E-state index contributed by atoms with van der Waals surface area (Å²) in [4.78, 5) is 23.6. The molecule has 0 aromatic rings. The van der Waals surface area contributed by atoms with Gasteiger partial charge in [-0.15, -0.1) is 0 Å². The second-order valence-corrected chi connectivity index (χ2v) is 12.8. The van der Waals surface area contributed by atoms with Crippen LogP contribution in [-0.4, -0.2) is 26.4 Å². The summed E-state index contributed by atoms with van der Waals surface area (Å²) in [7, 11) is -8.75. The van der Waals surface area contributed by atoms with Crippen LogP contribution in [0.5, 0.6) is 0 Å². The molecule has 39 heavy (non-hydrogen) atoms. The van der Waals surface area contributed by atoms with Gasteiger partial charge in [0.25, 0.3) is 15.6 Å². The van der Waals surface area contributed by atoms with E-state index < -0.39 is 15.6 Å². The van der Waals surface area contributed by atoms with Gasteiger partial charge >= 0.3 is 59.1 Å². The van der Waals surface area contributed by atoms with Crippen LogP contribution in [0.4, 0.5) is 0 Å². The quantitative estimate of drug-likeness (QED) is 0.0686. The third-order valence-electron chi connectivity index (χ3n) is 6.28. The van der Waals surface area contributed by atoms with Crippen LogP contribution in [-0.2, 0) is 27.2 Å². The first kappa shape index (κ1) is 45.6. The molecule has 8 nitrogen and oxygen atoms in total. The van der Waals surface area contributed by atoms with Crippen molar-refractivity contribution >= 4 is 15.6 Å². The minimum atomic E-state index is -4.38. The van der Waals surface area contributed by atoms with E-state index in [9.17, 15) is 18.9 Å². The van der Waals surface area contributed by atoms with Gasteiger partial charge in [-0.05, 0) is 19.3 Å². The summed E-state index contributed by atoms with van der Waals surface area (Å²) in [5.41, 5.74) is 0. The molecule has 0 spiro atoms. The SMILES string of the molecule is CCCCCCCCCCCCOP(=O)([O-])OCCCOP(=O)([O-])OCCCCCCCCCCCC.[Na+].[Na+]. The molecule has 0 rings (SSSR count). The minimum absolute atomic E-state index is 0. The van der Waals surface area contributed by atoms with E-state index in [1.54, 1.807) is 0 Å². The molecule has 12 heteroatoms. The number of rotatable bonds is 30. The molecule has 0 aliphatic rings. The normalized spacial score (nSPS) is 14.3. The molecule has 2 atom stereocenters. The van der Waals surface area contributed by atoms with Gasteiger partial charge in [0.1, 0.15) is 0 Å². The van der Waals surface area contributed by atoms with Crippen molar-refractivity contribution in [3.63, 3.8) is 0 Å². The maximum Gasteiger partial charge on any atom is 1.00 e. The van der Waals surface area contributed by atoms with Crippen LogP contribution in [0, 0.1) is 0 Å². The Morgan fingerprint density at radius 2 is 0.590 bits per heavy atom. The van der Waals surface area contributed by atoms with E-state index in [4.69, 9.17) is 18.1 Å². The van der Waals surface area contributed by atoms with E-state index in [0.29, 0.717) is 12.8 Å². The molecule has 0 aromatic carbocycles. The zero-order valence-electron chi connectivity index (χ0n) is 25.8. The molecule has 2 unspecified atom stereocenters. The van der Waals surface area contributed by atoms with Crippen molar-refractivity contribution in [2.45, 2.75) is 149 Å². The van der Waals surface area contributed by atoms with Crippen LogP contribution in [0.2, 0.25) is 0 Å². The molecule has 0 bridgehead atoms. The molecule has 224 valence electrons. The largest absolute Gasteiger partial charge is 1.00 e. The second kappa shape index (κ2) is 33.1. The smallest absolute Gasteiger partial charge is 0.756 e. The fourth-order valence-corrected chi connectivity index (χ4v) is 5.58. The molecule has 0 radical (unpaired) electrons. The molecule has 0 N–H and O–H groups in total. The van der Waals surface area contributed by atoms with Crippen LogP contribution in [0.15, 0.2) is 0 Å². The van der Waals surface area contributed by atoms with Crippen molar-refractivity contribution in [3.8, 4) is 0 Å². The fraction of sp³-hybridized carbons (Fsp3) is 1.00. The predicted molar refractivity (Wildman–Crippen MR) is 147 cm³/mol. The first-order chi connectivity index (χ1) is 17.8. The van der Waals surface area contributed by atoms with Crippen molar-refractivity contribution in [3.05, 3.63) is 0 Å². The standard InChI is InChI=1S/C27H58O8P2.2Na/c1-3-5-7-9-11-13-15-17-19-21-24-32-36(28,29)34-26-23-27-35-37(30,31)33-25-22-20-18-16-14-12-10-8-6-4-2;;/h3-27H2,1-2H3,(H,28,29)(H,30,31);;/q;2*+1/p-2. The molecule has 0 aliphatic carbocycles. The van der Waals surface area contributed by atoms with Gasteiger partial charge in [0, 0.05) is 0 Å². The molecule has 0 fully saturated rings. The minimum Gasteiger partial charge on any atom is -0.756 e. The summed E-state index contributed by atoms with van der Waals surface area (Å²) < 4.78 is 42.8. The van der Waals surface area contributed by atoms with Crippen LogP contribution in [0.25, 0.3) is 0 Å². The molecule has 0 saturated heterocycles. The Morgan fingerprint density at radius 3 is 0.846 bits per heavy atom. The van der Waals surface area contributed by atoms with Gasteiger partial charge in [-0.3, -0.25) is 9.13 Å². The van der Waals surface area contributed by atoms with E-state index in [1.165, 1.54) is 89.9 Å². The number of phosphoric ester groups is 2. The first-order valence-electron chi connectivity index (χ1n) is 15.0. The zero-order valence-corrected chi connectivity index (χ0v) is 31.6. The van der Waals surface area contributed by atoms with Crippen molar-refractivity contribution in [1.82, 2.24) is 0 Å². The van der Waals surface area contributed by atoms with Gasteiger partial charge in [0.15, 0.2) is 0 Å². The summed E-state index contributed by atoms with van der Waals surface area (Å²) >= 11 is 0. The summed E-state index contributed by atoms with van der Waals surface area (Å²) in [6.07, 6.45) is 23.2. The first-order valence-corrected chi connectivity index (χ1v) is 18.0. The number of phosphoric acid groups is 2. The maximum atomic E-state index is 11.8. The number of unbranched alkanes of at least 4 members (excludes halogenated alkanes) is 18. The van der Waals surface area contributed by atoms with Gasteiger partial charge in [0.2, 0.25) is 0 Å². The third kappa shape index (κ3) is 36.3. The summed E-state index contributed by atoms with van der Waals surface area (Å²) in [5.74, 6) is 0. The monoisotopic (exact) mass is 616 g/mol. The number of hydrogen-bond acceptors (Lipinski definition) is 8. The average Bonchev–Trinajstić information content (AvgIpc) is 2.85. The fourth-order valence-electron chi connectivity index (χ4n) is 4.02. The Balaban J connectivity index is -0.00000648. The van der Waals surface area contributed by atoms with Crippen molar-refractivity contribution < 1.29 is 96.1 Å². The number of hydrogen-bond donors (Lipinski definition) is 0. The van der Waals surface area contributed by atoms with Crippen LogP contribution < -0.4 is 68.9 Å². The van der Waals surface area contributed by atoms with E-state index >= 15 is 0 Å². The summed E-state index contributed by atoms with van der Waals surface area (Å²) in [6, 6.07) is 0. The van der Waals surface area contributed by atoms with Crippen LogP contribution in [0.1, 0.15) is 149 Å². The van der Waals surface area contributed by atoms with E-state index in [0.717, 1.165) is 25.7 Å². The van der Waals surface area contributed by atoms with Gasteiger partial charge in [-0.25, -0.2) is 0 Å². The summed E-state index contributed by atoms with van der Waals surface area (Å²) in [6.45, 7) is 4.25. The molecule has 0 saturated carbocycles. The predicted octanol–water partition coefficient (Wildman–Crippen LogP) is 2.23. The van der Waals surface area contributed by atoms with Gasteiger partial charge < -0.3 is 27.9 Å². The molecule has 0 aromatic heterocycles. The van der Waals surface area contributed by atoms with E-state index in [1.807, 2.05) is 0 Å². The molecule has 0 amide bonds. The van der Waals surface area contributed by atoms with Crippen LogP contribution >= 0.6 is 15.6 Å². The van der Waals surface area contributed by atoms with Gasteiger partial charge in [-0.2, -0.15) is 0 Å². The topological polar surface area (TPSA) is 117 Å². The maximum absolute atomic E-state index is 11.8. The van der Waals surface area contributed by atoms with Crippen molar-refractivity contribution in [1.29, 1.82) is 0 Å². The van der Waals surface area contributed by atoms with Gasteiger partial charge in [-0.1, -0.05) is 129 Å². The molecule has 0 aliphatic heterocycles. The Labute approximate surface area is 284 Å². The van der Waals surface area contributed by atoms with Crippen molar-refractivity contribution in [2.75, 3.05) is 26.4 Å². The third-order valence-corrected chi connectivity index (χ3v) is 8.28. The van der Waals surface area contributed by atoms with Crippen molar-refractivity contribution in [2.24, 2.45) is 0 Å². The Morgan fingerprint density at radius 1 is 0.385 bits per heavy atom. The zero-order chi connectivity index (χ0) is 27.5. The molecular formula is C27H56Na2O8P2. The summed E-state index contributed by atoms with van der Waals surface area (Å²) in [5, 5.41) is 0. The Bertz CT molecular complexity index is 540. The Hall–Kier alpha value is 2.22. The second-order valence-electron chi connectivity index (χ2n) is 9.94. The van der Waals surface area contributed by atoms with Gasteiger partial charge in [0.05, 0.1) is 26.4 Å².